The van der Waals surface area contributed by atoms with Crippen molar-refractivity contribution in [3.05, 3.63) is 87.5 Å². The van der Waals surface area contributed by atoms with Crippen molar-refractivity contribution in [3.63, 3.8) is 0 Å². The molecule has 0 bridgehead atoms. The molecule has 1 fully saturated rings. The average molecular weight is 531 g/mol. The Labute approximate surface area is 228 Å². The number of methoxy groups -OCH3 is 2. The predicted molar refractivity (Wildman–Crippen MR) is 151 cm³/mol. The summed E-state index contributed by atoms with van der Waals surface area (Å²) < 4.78 is 10.7. The van der Waals surface area contributed by atoms with E-state index in [9.17, 15) is 14.9 Å². The number of carbonyl (C=O) groups excluding carboxylic acids is 1. The van der Waals surface area contributed by atoms with Crippen LogP contribution < -0.4 is 24.6 Å². The van der Waals surface area contributed by atoms with Crippen molar-refractivity contribution < 1.29 is 19.2 Å². The van der Waals surface area contributed by atoms with Crippen LogP contribution in [0.15, 0.2) is 60.7 Å². The number of nitrogens with zero attached hydrogens (tertiary/aromatic N) is 3. The van der Waals surface area contributed by atoms with Gasteiger partial charge in [0.25, 0.3) is 5.69 Å². The van der Waals surface area contributed by atoms with Gasteiger partial charge in [0.2, 0.25) is 5.91 Å². The van der Waals surface area contributed by atoms with Gasteiger partial charge in [-0.2, -0.15) is 0 Å². The number of nitrogens with one attached hydrogen (secondary N) is 1. The summed E-state index contributed by atoms with van der Waals surface area (Å²) in [5.41, 5.74) is 5.27. The van der Waals surface area contributed by atoms with Gasteiger partial charge in [0.1, 0.15) is 0 Å². The summed E-state index contributed by atoms with van der Waals surface area (Å²) >= 11 is 0. The highest BCUT2D eigenvalue weighted by molar-refractivity contribution is 5.82. The Morgan fingerprint density at radius 1 is 1.03 bits per heavy atom. The number of nitro benzene ring substituents is 1. The lowest BCUT2D eigenvalue weighted by molar-refractivity contribution is -0.384. The molecule has 2 aliphatic heterocycles. The molecule has 0 spiro atoms. The molecule has 2 heterocycles. The summed E-state index contributed by atoms with van der Waals surface area (Å²) in [6.07, 6.45) is 1.10. The van der Waals surface area contributed by atoms with Gasteiger partial charge in [-0.1, -0.05) is 23.8 Å². The van der Waals surface area contributed by atoms with E-state index in [1.807, 2.05) is 24.3 Å². The molecular weight excluding hydrogens is 496 g/mol. The van der Waals surface area contributed by atoms with Gasteiger partial charge in [0.15, 0.2) is 11.5 Å². The lowest BCUT2D eigenvalue weighted by Gasteiger charge is -2.49. The van der Waals surface area contributed by atoms with Crippen LogP contribution in [0.5, 0.6) is 11.5 Å². The fourth-order valence-corrected chi connectivity index (χ4v) is 5.71. The maximum Gasteiger partial charge on any atom is 0.269 e. The minimum Gasteiger partial charge on any atom is -0.493 e. The van der Waals surface area contributed by atoms with Gasteiger partial charge < -0.3 is 24.6 Å². The number of fused-ring (bicyclic) bond motifs is 3. The van der Waals surface area contributed by atoms with Gasteiger partial charge in [-0.3, -0.25) is 14.9 Å². The highest BCUT2D eigenvalue weighted by atomic mass is 16.6. The van der Waals surface area contributed by atoms with Crippen LogP contribution in [0.1, 0.15) is 16.7 Å². The summed E-state index contributed by atoms with van der Waals surface area (Å²) in [6.45, 7) is 4.79. The molecule has 1 amide bonds. The maximum absolute atomic E-state index is 13.6. The van der Waals surface area contributed by atoms with Gasteiger partial charge in [0, 0.05) is 49.7 Å². The molecular formula is C30H34N4O5. The largest absolute Gasteiger partial charge is 0.493 e. The highest BCUT2D eigenvalue weighted by Crippen LogP contribution is 2.38. The first-order valence-electron chi connectivity index (χ1n) is 13.2. The number of aryl methyl sites for hydroxylation is 1. The molecule has 0 radical (unpaired) electrons. The smallest absolute Gasteiger partial charge is 0.269 e. The standard InChI is InChI=1S/C30H34N4O5/c1-20-4-7-23(8-5-20)32-14-15-33-26-10-9-24(34(36)37)17-22(26)18-25(27(33)19-32)30(35)31-13-12-21-6-11-28(38-2)29(16-21)39-3/h4-11,16-17,25,27H,12-15,18-19H2,1-3H3,(H,31,35). The number of nitro groups is 1. The Hall–Kier alpha value is -4.27. The molecule has 204 valence electrons. The van der Waals surface area contributed by atoms with Gasteiger partial charge in [-0.25, -0.2) is 0 Å². The highest BCUT2D eigenvalue weighted by Gasteiger charge is 2.42. The number of rotatable bonds is 8. The van der Waals surface area contributed by atoms with E-state index in [1.54, 1.807) is 26.4 Å². The number of non-ortho nitro benzene ring substituents is 1. The van der Waals surface area contributed by atoms with E-state index >= 15 is 0 Å². The van der Waals surface area contributed by atoms with Crippen LogP contribution in [0.2, 0.25) is 0 Å². The van der Waals surface area contributed by atoms with E-state index in [-0.39, 0.29) is 28.5 Å². The summed E-state index contributed by atoms with van der Waals surface area (Å²) in [6, 6.07) is 19.2. The normalized spacial score (nSPS) is 18.1. The van der Waals surface area contributed by atoms with Crippen molar-refractivity contribution in [3.8, 4) is 11.5 Å². The third kappa shape index (κ3) is 5.48. The zero-order chi connectivity index (χ0) is 27.5. The molecule has 2 atom stereocenters. The first-order chi connectivity index (χ1) is 18.9. The van der Waals surface area contributed by atoms with E-state index in [1.165, 1.54) is 5.56 Å². The molecule has 9 heteroatoms. The monoisotopic (exact) mass is 530 g/mol. The number of anilines is 2. The number of amides is 1. The van der Waals surface area contributed by atoms with Crippen LogP contribution in [0.3, 0.4) is 0 Å². The second-order valence-corrected chi connectivity index (χ2v) is 10.2. The summed E-state index contributed by atoms with van der Waals surface area (Å²) in [5, 5.41) is 14.6. The van der Waals surface area contributed by atoms with Crippen molar-refractivity contribution in [2.75, 3.05) is 50.2 Å². The quantitative estimate of drug-likeness (QED) is 0.345. The number of carbonyl (C=O) groups is 1. The molecule has 0 aromatic heterocycles. The summed E-state index contributed by atoms with van der Waals surface area (Å²) in [4.78, 5) is 29.3. The molecule has 3 aromatic carbocycles. The van der Waals surface area contributed by atoms with Crippen molar-refractivity contribution in [1.82, 2.24) is 5.32 Å². The molecule has 5 rings (SSSR count). The second-order valence-electron chi connectivity index (χ2n) is 10.2. The minimum atomic E-state index is -0.375. The zero-order valence-electron chi connectivity index (χ0n) is 22.6. The first-order valence-corrected chi connectivity index (χ1v) is 13.2. The zero-order valence-corrected chi connectivity index (χ0v) is 22.6. The molecule has 0 saturated carbocycles. The third-order valence-electron chi connectivity index (χ3n) is 7.80. The number of ether oxygens (including phenoxy) is 2. The number of piperazine rings is 1. The topological polar surface area (TPSA) is 97.2 Å². The Morgan fingerprint density at radius 3 is 2.51 bits per heavy atom. The first kappa shape index (κ1) is 26.3. The van der Waals surface area contributed by atoms with E-state index in [2.05, 4.69) is 46.3 Å². The fraction of sp³-hybridized carbons (Fsp3) is 0.367. The van der Waals surface area contributed by atoms with Crippen molar-refractivity contribution >= 4 is 23.0 Å². The number of hydrogen-bond donors (Lipinski definition) is 1. The predicted octanol–water partition coefficient (Wildman–Crippen LogP) is 4.15. The average Bonchev–Trinajstić information content (AvgIpc) is 2.96. The van der Waals surface area contributed by atoms with Gasteiger partial charge >= 0.3 is 0 Å². The van der Waals surface area contributed by atoms with E-state index < -0.39 is 0 Å². The molecule has 0 aliphatic carbocycles. The minimum absolute atomic E-state index is 0.0339. The SMILES string of the molecule is COc1ccc(CCNC(=O)C2Cc3cc([N+](=O)[O-])ccc3N3CCN(c4ccc(C)cc4)CC23)cc1OC. The number of benzene rings is 3. The lowest BCUT2D eigenvalue weighted by Crippen LogP contribution is -2.61. The van der Waals surface area contributed by atoms with Crippen LogP contribution in [-0.4, -0.2) is 57.3 Å². The van der Waals surface area contributed by atoms with Crippen LogP contribution in [0.4, 0.5) is 17.1 Å². The third-order valence-corrected chi connectivity index (χ3v) is 7.80. The van der Waals surface area contributed by atoms with Gasteiger partial charge in [0.05, 0.1) is 31.1 Å². The Kier molecular flexibility index (Phi) is 7.58. The van der Waals surface area contributed by atoms with E-state index in [0.717, 1.165) is 35.6 Å². The van der Waals surface area contributed by atoms with Crippen LogP contribution in [-0.2, 0) is 17.6 Å². The molecule has 3 aromatic rings. The maximum atomic E-state index is 13.6. The Bertz CT molecular complexity index is 1360. The molecule has 2 aliphatic rings. The van der Waals surface area contributed by atoms with Crippen molar-refractivity contribution in [2.24, 2.45) is 5.92 Å². The Balaban J connectivity index is 1.35. The number of hydrogen-bond acceptors (Lipinski definition) is 7. The summed E-state index contributed by atoms with van der Waals surface area (Å²) in [7, 11) is 3.20. The molecule has 1 N–H and O–H groups in total. The van der Waals surface area contributed by atoms with Crippen LogP contribution >= 0.6 is 0 Å². The molecule has 9 nitrogen and oxygen atoms in total. The van der Waals surface area contributed by atoms with Crippen molar-refractivity contribution in [1.29, 1.82) is 0 Å². The van der Waals surface area contributed by atoms with Gasteiger partial charge in [-0.15, -0.1) is 0 Å². The molecule has 1 saturated heterocycles. The second kappa shape index (κ2) is 11.2. The molecule has 39 heavy (non-hydrogen) atoms. The van der Waals surface area contributed by atoms with Gasteiger partial charge in [-0.05, 0) is 61.2 Å². The summed E-state index contributed by atoms with van der Waals surface area (Å²) in [5.74, 6) is 0.947. The molecule has 2 unspecified atom stereocenters. The van der Waals surface area contributed by atoms with Crippen LogP contribution in [0, 0.1) is 23.0 Å². The fourth-order valence-electron chi connectivity index (χ4n) is 5.71. The van der Waals surface area contributed by atoms with Crippen LogP contribution in [0.25, 0.3) is 0 Å². The van der Waals surface area contributed by atoms with E-state index in [4.69, 9.17) is 9.47 Å². The lowest BCUT2D eigenvalue weighted by atomic mass is 9.83. The van der Waals surface area contributed by atoms with Crippen molar-refractivity contribution in [2.45, 2.75) is 25.8 Å². The Morgan fingerprint density at radius 2 is 1.79 bits per heavy atom. The van der Waals surface area contributed by atoms with E-state index in [0.29, 0.717) is 37.4 Å².